The molecule has 0 aliphatic rings. The van der Waals surface area contributed by atoms with E-state index in [-0.39, 0.29) is 17.4 Å². The summed E-state index contributed by atoms with van der Waals surface area (Å²) in [5, 5.41) is -0.310. The maximum Gasteiger partial charge on any atom is 0.417 e. The maximum atomic E-state index is 12.5. The zero-order valence-corrected chi connectivity index (χ0v) is 10.3. The molecule has 0 heterocycles. The van der Waals surface area contributed by atoms with Crippen molar-refractivity contribution in [1.82, 2.24) is 0 Å². The number of nitrogens with two attached hydrogens (primary N) is 1. The van der Waals surface area contributed by atoms with E-state index in [9.17, 15) is 13.2 Å². The summed E-state index contributed by atoms with van der Waals surface area (Å²) in [6.07, 6.45) is -4.45. The third kappa shape index (κ3) is 3.54. The molecule has 1 rings (SSSR count). The minimum Gasteiger partial charge on any atom is -0.322 e. The first-order chi connectivity index (χ1) is 6.62. The number of benzene rings is 1. The zero-order chi connectivity index (χ0) is 11.9. The van der Waals surface area contributed by atoms with Gasteiger partial charge in [-0.3, -0.25) is 0 Å². The highest BCUT2D eigenvalue weighted by Crippen LogP contribution is 2.36. The molecule has 0 unspecified atom stereocenters. The largest absolute Gasteiger partial charge is 0.417 e. The second-order valence-corrected chi connectivity index (χ2v) is 4.32. The normalized spacial score (nSPS) is 12.2. The first kappa shape index (κ1) is 15.6. The van der Waals surface area contributed by atoms with Crippen molar-refractivity contribution < 1.29 is 13.2 Å². The van der Waals surface area contributed by atoms with Crippen LogP contribution in [0.25, 0.3) is 0 Å². The molecule has 0 spiro atoms. The Balaban J connectivity index is 0.00000225. The highest BCUT2D eigenvalue weighted by atomic mass is 35.5. The molecular weight excluding hydrogens is 262 g/mol. The summed E-state index contributed by atoms with van der Waals surface area (Å²) in [5.41, 5.74) is 4.45. The predicted molar refractivity (Wildman–Crippen MR) is 60.9 cm³/mol. The fourth-order valence-corrected chi connectivity index (χ4v) is 1.37. The highest BCUT2D eigenvalue weighted by Gasteiger charge is 2.34. The van der Waals surface area contributed by atoms with Gasteiger partial charge in [-0.05, 0) is 31.5 Å². The number of alkyl halides is 3. The van der Waals surface area contributed by atoms with E-state index in [1.54, 1.807) is 13.8 Å². The molecule has 0 atom stereocenters. The van der Waals surface area contributed by atoms with Gasteiger partial charge in [0, 0.05) is 5.54 Å². The van der Waals surface area contributed by atoms with Crippen molar-refractivity contribution in [3.05, 3.63) is 34.3 Å². The molecule has 2 N–H and O–H groups in total. The molecule has 0 amide bonds. The lowest BCUT2D eigenvalue weighted by Gasteiger charge is -2.21. The van der Waals surface area contributed by atoms with E-state index in [1.165, 1.54) is 12.1 Å². The van der Waals surface area contributed by atoms with Crippen LogP contribution in [0.5, 0.6) is 0 Å². The summed E-state index contributed by atoms with van der Waals surface area (Å²) < 4.78 is 37.5. The topological polar surface area (TPSA) is 26.0 Å². The van der Waals surface area contributed by atoms with Crippen LogP contribution in [0.15, 0.2) is 18.2 Å². The number of hydrogen-bond donors (Lipinski definition) is 1. The first-order valence-electron chi connectivity index (χ1n) is 4.28. The summed E-state index contributed by atoms with van der Waals surface area (Å²) in [6, 6.07) is 3.70. The summed E-state index contributed by atoms with van der Waals surface area (Å²) in [6.45, 7) is 3.27. The average molecular weight is 274 g/mol. The molecule has 6 heteroatoms. The fraction of sp³-hybridized carbons (Fsp3) is 0.400. The van der Waals surface area contributed by atoms with Crippen molar-refractivity contribution in [1.29, 1.82) is 0 Å². The van der Waals surface area contributed by atoms with Crippen molar-refractivity contribution in [3.63, 3.8) is 0 Å². The van der Waals surface area contributed by atoms with Gasteiger partial charge >= 0.3 is 6.18 Å². The van der Waals surface area contributed by atoms with Gasteiger partial charge in [-0.15, -0.1) is 12.4 Å². The lowest BCUT2D eigenvalue weighted by atomic mass is 9.94. The molecule has 0 aromatic heterocycles. The molecule has 16 heavy (non-hydrogen) atoms. The van der Waals surface area contributed by atoms with Gasteiger partial charge in [0.05, 0.1) is 10.6 Å². The van der Waals surface area contributed by atoms with E-state index >= 15 is 0 Å². The van der Waals surface area contributed by atoms with E-state index in [0.717, 1.165) is 6.07 Å². The van der Waals surface area contributed by atoms with Crippen molar-refractivity contribution in [2.45, 2.75) is 25.6 Å². The average Bonchev–Trinajstić information content (AvgIpc) is 2.00. The minimum absolute atomic E-state index is 0. The summed E-state index contributed by atoms with van der Waals surface area (Å²) in [7, 11) is 0. The lowest BCUT2D eigenvalue weighted by molar-refractivity contribution is -0.137. The fourth-order valence-electron chi connectivity index (χ4n) is 1.14. The van der Waals surface area contributed by atoms with Gasteiger partial charge in [0.25, 0.3) is 0 Å². The molecule has 0 radical (unpaired) electrons. The van der Waals surface area contributed by atoms with E-state index in [0.29, 0.717) is 5.56 Å². The maximum absolute atomic E-state index is 12.5. The van der Waals surface area contributed by atoms with Crippen LogP contribution in [-0.4, -0.2) is 0 Å². The molecule has 0 saturated heterocycles. The van der Waals surface area contributed by atoms with Gasteiger partial charge in [0.2, 0.25) is 0 Å². The molecule has 92 valence electrons. The lowest BCUT2D eigenvalue weighted by Crippen LogP contribution is -2.29. The molecule has 0 saturated carbocycles. The van der Waals surface area contributed by atoms with Gasteiger partial charge < -0.3 is 5.73 Å². The first-order valence-corrected chi connectivity index (χ1v) is 4.66. The van der Waals surface area contributed by atoms with Crippen LogP contribution < -0.4 is 5.73 Å². The van der Waals surface area contributed by atoms with Gasteiger partial charge in [-0.1, -0.05) is 17.7 Å². The van der Waals surface area contributed by atoms with Gasteiger partial charge in [0.1, 0.15) is 0 Å². The summed E-state index contributed by atoms with van der Waals surface area (Å²) in [5.74, 6) is 0. The Morgan fingerprint density at radius 2 is 1.69 bits per heavy atom. The minimum atomic E-state index is -4.45. The van der Waals surface area contributed by atoms with E-state index in [4.69, 9.17) is 17.3 Å². The molecule has 0 bridgehead atoms. The molecule has 0 aliphatic heterocycles. The SMILES string of the molecule is CC(C)(N)c1ccc(Cl)c(C(F)(F)F)c1.Cl. The van der Waals surface area contributed by atoms with Crippen molar-refractivity contribution >= 4 is 24.0 Å². The van der Waals surface area contributed by atoms with Crippen LogP contribution in [0.3, 0.4) is 0 Å². The third-order valence-electron chi connectivity index (χ3n) is 2.02. The smallest absolute Gasteiger partial charge is 0.322 e. The second kappa shape index (κ2) is 4.82. The molecule has 1 aromatic rings. The van der Waals surface area contributed by atoms with Crippen LogP contribution in [0.1, 0.15) is 25.0 Å². The second-order valence-electron chi connectivity index (χ2n) is 3.91. The van der Waals surface area contributed by atoms with Gasteiger partial charge in [-0.25, -0.2) is 0 Å². The van der Waals surface area contributed by atoms with E-state index < -0.39 is 17.3 Å². The van der Waals surface area contributed by atoms with Crippen LogP contribution in [0.2, 0.25) is 5.02 Å². The number of hydrogen-bond acceptors (Lipinski definition) is 1. The quantitative estimate of drug-likeness (QED) is 0.823. The van der Waals surface area contributed by atoms with Crippen LogP contribution in [0.4, 0.5) is 13.2 Å². The Bertz CT molecular complexity index is 369. The van der Waals surface area contributed by atoms with Gasteiger partial charge in [-0.2, -0.15) is 13.2 Å². The van der Waals surface area contributed by atoms with Crippen LogP contribution in [-0.2, 0) is 11.7 Å². The van der Waals surface area contributed by atoms with Crippen LogP contribution >= 0.6 is 24.0 Å². The third-order valence-corrected chi connectivity index (χ3v) is 2.35. The van der Waals surface area contributed by atoms with E-state index in [2.05, 4.69) is 0 Å². The Labute approximate surface area is 103 Å². The van der Waals surface area contributed by atoms with Crippen molar-refractivity contribution in [2.75, 3.05) is 0 Å². The molecule has 0 aliphatic carbocycles. The number of halogens is 5. The van der Waals surface area contributed by atoms with Crippen molar-refractivity contribution in [2.24, 2.45) is 5.73 Å². The monoisotopic (exact) mass is 273 g/mol. The molecular formula is C10H12Cl2F3N. The van der Waals surface area contributed by atoms with Gasteiger partial charge in [0.15, 0.2) is 0 Å². The van der Waals surface area contributed by atoms with Crippen molar-refractivity contribution in [3.8, 4) is 0 Å². The Morgan fingerprint density at radius 3 is 2.06 bits per heavy atom. The zero-order valence-electron chi connectivity index (χ0n) is 8.73. The Morgan fingerprint density at radius 1 is 1.19 bits per heavy atom. The Kier molecular flexibility index (Phi) is 4.68. The van der Waals surface area contributed by atoms with E-state index in [1.807, 2.05) is 0 Å². The summed E-state index contributed by atoms with van der Waals surface area (Å²) >= 11 is 5.47. The molecule has 1 aromatic carbocycles. The van der Waals surface area contributed by atoms with Crippen LogP contribution in [0, 0.1) is 0 Å². The number of rotatable bonds is 1. The molecule has 0 fully saturated rings. The standard InChI is InChI=1S/C10H11ClF3N.ClH/c1-9(2,15)6-3-4-8(11)7(5-6)10(12,13)14;/h3-5H,15H2,1-2H3;1H. The highest BCUT2D eigenvalue weighted by molar-refractivity contribution is 6.31. The summed E-state index contributed by atoms with van der Waals surface area (Å²) in [4.78, 5) is 0. The predicted octanol–water partition coefficient (Wildman–Crippen LogP) is 3.97. The Hall–Kier alpha value is -0.450. The molecule has 1 nitrogen and oxygen atoms in total.